The van der Waals surface area contributed by atoms with Crippen LogP contribution >= 0.6 is 15.9 Å². The Morgan fingerprint density at radius 3 is 2.62 bits per heavy atom. The highest BCUT2D eigenvalue weighted by molar-refractivity contribution is 9.10. The molecule has 0 aliphatic heterocycles. The van der Waals surface area contributed by atoms with Crippen molar-refractivity contribution in [3.8, 4) is 5.75 Å². The third-order valence-corrected chi connectivity index (χ3v) is 2.60. The van der Waals surface area contributed by atoms with E-state index in [0.717, 1.165) is 6.42 Å². The average molecular weight is 243 g/mol. The van der Waals surface area contributed by atoms with Gasteiger partial charge in [0.2, 0.25) is 0 Å². The molecule has 0 fully saturated rings. The van der Waals surface area contributed by atoms with Crippen molar-refractivity contribution in [1.82, 2.24) is 0 Å². The topological polar surface area (TPSA) is 26.3 Å². The summed E-state index contributed by atoms with van der Waals surface area (Å²) in [7, 11) is 0. The third kappa shape index (κ3) is 3.19. The molecule has 0 aromatic heterocycles. The SMILES string of the molecule is CC[C@@H](Br)C(=O)Oc1ccccc1. The molecule has 0 amide bonds. The molecule has 0 heterocycles. The lowest BCUT2D eigenvalue weighted by atomic mass is 10.3. The monoisotopic (exact) mass is 242 g/mol. The fraction of sp³-hybridized carbons (Fsp3) is 0.300. The smallest absolute Gasteiger partial charge is 0.325 e. The van der Waals surface area contributed by atoms with Crippen molar-refractivity contribution in [1.29, 1.82) is 0 Å². The zero-order valence-corrected chi connectivity index (χ0v) is 8.95. The van der Waals surface area contributed by atoms with Crippen molar-refractivity contribution in [2.45, 2.75) is 18.2 Å². The molecular weight excluding hydrogens is 232 g/mol. The number of para-hydroxylation sites is 1. The molecule has 0 aliphatic rings. The van der Waals surface area contributed by atoms with E-state index in [1.807, 2.05) is 25.1 Å². The van der Waals surface area contributed by atoms with E-state index >= 15 is 0 Å². The lowest BCUT2D eigenvalue weighted by Gasteiger charge is -2.06. The van der Waals surface area contributed by atoms with Gasteiger partial charge in [-0.3, -0.25) is 4.79 Å². The number of ether oxygens (including phenoxy) is 1. The van der Waals surface area contributed by atoms with Gasteiger partial charge < -0.3 is 4.74 Å². The number of alkyl halides is 1. The first-order valence-electron chi connectivity index (χ1n) is 4.15. The lowest BCUT2D eigenvalue weighted by molar-refractivity contribution is -0.133. The molecular formula is C10H11BrO2. The second-order valence-corrected chi connectivity index (χ2v) is 3.72. The number of esters is 1. The van der Waals surface area contributed by atoms with Gasteiger partial charge in [0, 0.05) is 0 Å². The summed E-state index contributed by atoms with van der Waals surface area (Å²) in [5, 5.41) is 0. The van der Waals surface area contributed by atoms with E-state index in [4.69, 9.17) is 4.74 Å². The highest BCUT2D eigenvalue weighted by Crippen LogP contribution is 2.13. The predicted octanol–water partition coefficient (Wildman–Crippen LogP) is 2.77. The minimum atomic E-state index is -0.242. The molecule has 0 unspecified atom stereocenters. The van der Waals surface area contributed by atoms with Gasteiger partial charge in [0.05, 0.1) is 0 Å². The Labute approximate surface area is 86.0 Å². The summed E-state index contributed by atoms with van der Waals surface area (Å²) < 4.78 is 5.08. The van der Waals surface area contributed by atoms with Gasteiger partial charge in [0.25, 0.3) is 0 Å². The average Bonchev–Trinajstić information content (AvgIpc) is 2.18. The van der Waals surface area contributed by atoms with Crippen LogP contribution < -0.4 is 4.74 Å². The number of carbonyl (C=O) groups excluding carboxylic acids is 1. The number of benzene rings is 1. The first kappa shape index (κ1) is 10.3. The summed E-state index contributed by atoms with van der Waals surface area (Å²) >= 11 is 3.23. The molecule has 0 radical (unpaired) electrons. The van der Waals surface area contributed by atoms with Crippen LogP contribution in [0.2, 0.25) is 0 Å². The first-order valence-corrected chi connectivity index (χ1v) is 5.06. The van der Waals surface area contributed by atoms with Crippen molar-refractivity contribution >= 4 is 21.9 Å². The minimum absolute atomic E-state index is 0.215. The number of carbonyl (C=O) groups is 1. The molecule has 0 bridgehead atoms. The third-order valence-electron chi connectivity index (χ3n) is 1.58. The fourth-order valence-corrected chi connectivity index (χ4v) is 0.929. The van der Waals surface area contributed by atoms with Gasteiger partial charge >= 0.3 is 5.97 Å². The summed E-state index contributed by atoms with van der Waals surface area (Å²) in [5.41, 5.74) is 0. The largest absolute Gasteiger partial charge is 0.426 e. The van der Waals surface area contributed by atoms with E-state index < -0.39 is 0 Å². The van der Waals surface area contributed by atoms with E-state index in [9.17, 15) is 4.79 Å². The highest BCUT2D eigenvalue weighted by atomic mass is 79.9. The van der Waals surface area contributed by atoms with Crippen LogP contribution in [-0.2, 0) is 4.79 Å². The quantitative estimate of drug-likeness (QED) is 0.463. The van der Waals surface area contributed by atoms with E-state index in [0.29, 0.717) is 5.75 Å². The van der Waals surface area contributed by atoms with Crippen LogP contribution in [0, 0.1) is 0 Å². The van der Waals surface area contributed by atoms with Gasteiger partial charge in [-0.25, -0.2) is 0 Å². The molecule has 0 N–H and O–H groups in total. The first-order chi connectivity index (χ1) is 6.24. The fourth-order valence-electron chi connectivity index (χ4n) is 0.835. The molecule has 1 rings (SSSR count). The van der Waals surface area contributed by atoms with Gasteiger partial charge in [0.1, 0.15) is 10.6 Å². The Bertz CT molecular complexity index is 272. The minimum Gasteiger partial charge on any atom is -0.426 e. The molecule has 0 aliphatic carbocycles. The van der Waals surface area contributed by atoms with E-state index in [2.05, 4.69) is 15.9 Å². The molecule has 0 spiro atoms. The molecule has 70 valence electrons. The van der Waals surface area contributed by atoms with Crippen LogP contribution in [0.1, 0.15) is 13.3 Å². The molecule has 1 aromatic carbocycles. The van der Waals surface area contributed by atoms with Gasteiger partial charge in [0.15, 0.2) is 0 Å². The molecule has 3 heteroatoms. The Hall–Kier alpha value is -0.830. The Kier molecular flexibility index (Phi) is 3.96. The maximum atomic E-state index is 11.3. The number of halogens is 1. The van der Waals surface area contributed by atoms with E-state index in [1.54, 1.807) is 12.1 Å². The van der Waals surface area contributed by atoms with E-state index in [1.165, 1.54) is 0 Å². The van der Waals surface area contributed by atoms with Gasteiger partial charge in [-0.05, 0) is 18.6 Å². The van der Waals surface area contributed by atoms with Crippen LogP contribution in [0.15, 0.2) is 30.3 Å². The summed E-state index contributed by atoms with van der Waals surface area (Å²) in [5.74, 6) is 0.346. The Balaban J connectivity index is 2.55. The van der Waals surface area contributed by atoms with Crippen LogP contribution in [0.4, 0.5) is 0 Å². The summed E-state index contributed by atoms with van der Waals surface area (Å²) in [4.78, 5) is 11.1. The van der Waals surface area contributed by atoms with Crippen LogP contribution in [0.5, 0.6) is 5.75 Å². The zero-order chi connectivity index (χ0) is 9.68. The summed E-state index contributed by atoms with van der Waals surface area (Å²) in [6.07, 6.45) is 0.728. The van der Waals surface area contributed by atoms with Crippen molar-refractivity contribution in [2.75, 3.05) is 0 Å². The van der Waals surface area contributed by atoms with Gasteiger partial charge in [-0.15, -0.1) is 0 Å². The summed E-state index contributed by atoms with van der Waals surface area (Å²) in [6.45, 7) is 1.92. The second-order valence-electron chi connectivity index (χ2n) is 2.61. The maximum absolute atomic E-state index is 11.3. The maximum Gasteiger partial charge on any atom is 0.325 e. The molecule has 1 aromatic rings. The Morgan fingerprint density at radius 2 is 2.08 bits per heavy atom. The van der Waals surface area contributed by atoms with Crippen LogP contribution in [0.3, 0.4) is 0 Å². The molecule has 0 saturated heterocycles. The normalized spacial score (nSPS) is 12.2. The molecule has 1 atom stereocenters. The highest BCUT2D eigenvalue weighted by Gasteiger charge is 2.14. The number of hydrogen-bond donors (Lipinski definition) is 0. The van der Waals surface area contributed by atoms with E-state index in [-0.39, 0.29) is 10.8 Å². The van der Waals surface area contributed by atoms with Crippen molar-refractivity contribution in [2.24, 2.45) is 0 Å². The standard InChI is InChI=1S/C10H11BrO2/c1-2-9(11)10(12)13-8-6-4-3-5-7-8/h3-7,9H,2H2,1H3/t9-/m1/s1. The molecule has 2 nitrogen and oxygen atoms in total. The lowest BCUT2D eigenvalue weighted by Crippen LogP contribution is -2.19. The Morgan fingerprint density at radius 1 is 1.46 bits per heavy atom. The van der Waals surface area contributed by atoms with Gasteiger partial charge in [-0.2, -0.15) is 0 Å². The molecule has 13 heavy (non-hydrogen) atoms. The second kappa shape index (κ2) is 5.02. The van der Waals surface area contributed by atoms with Gasteiger partial charge in [-0.1, -0.05) is 41.1 Å². The summed E-state index contributed by atoms with van der Waals surface area (Å²) in [6, 6.07) is 9.05. The zero-order valence-electron chi connectivity index (χ0n) is 7.37. The van der Waals surface area contributed by atoms with Crippen molar-refractivity contribution < 1.29 is 9.53 Å². The predicted molar refractivity (Wildman–Crippen MR) is 55.1 cm³/mol. The number of rotatable bonds is 3. The number of hydrogen-bond acceptors (Lipinski definition) is 2. The van der Waals surface area contributed by atoms with Crippen LogP contribution in [0.25, 0.3) is 0 Å². The van der Waals surface area contributed by atoms with Crippen molar-refractivity contribution in [3.63, 3.8) is 0 Å². The molecule has 0 saturated carbocycles. The van der Waals surface area contributed by atoms with Crippen LogP contribution in [-0.4, -0.2) is 10.8 Å². The van der Waals surface area contributed by atoms with Crippen molar-refractivity contribution in [3.05, 3.63) is 30.3 Å².